The molecule has 5 nitrogen and oxygen atoms in total. The molecule has 0 radical (unpaired) electrons. The first-order valence-corrected chi connectivity index (χ1v) is 11.6. The molecule has 0 atom stereocenters. The number of amides is 1. The maximum atomic E-state index is 12.9. The zero-order valence-corrected chi connectivity index (χ0v) is 18.9. The van der Waals surface area contributed by atoms with E-state index in [-0.39, 0.29) is 5.91 Å². The molecule has 0 spiro atoms. The van der Waals surface area contributed by atoms with Crippen LogP contribution in [0.25, 0.3) is 0 Å². The van der Waals surface area contributed by atoms with Gasteiger partial charge >= 0.3 is 0 Å². The van der Waals surface area contributed by atoms with E-state index in [4.69, 9.17) is 16.1 Å². The van der Waals surface area contributed by atoms with Gasteiger partial charge in [0.15, 0.2) is 5.82 Å². The number of halogens is 1. The van der Waals surface area contributed by atoms with Crippen molar-refractivity contribution < 1.29 is 9.32 Å². The third-order valence-electron chi connectivity index (χ3n) is 4.23. The number of rotatable bonds is 7. The number of hydrogen-bond donors (Lipinski definition) is 1. The van der Waals surface area contributed by atoms with Crippen LogP contribution in [-0.2, 0) is 5.75 Å². The Hall–Kier alpha value is -2.74. The molecule has 0 saturated heterocycles. The summed E-state index contributed by atoms with van der Waals surface area (Å²) >= 11 is 9.29. The molecule has 0 unspecified atom stereocenters. The molecule has 1 aromatic heterocycles. The summed E-state index contributed by atoms with van der Waals surface area (Å²) in [6.45, 7) is 1.78. The lowest BCUT2D eigenvalue weighted by atomic mass is 10.2. The topological polar surface area (TPSA) is 68.0 Å². The first-order chi connectivity index (χ1) is 15.1. The van der Waals surface area contributed by atoms with Crippen molar-refractivity contribution in [3.05, 3.63) is 95.1 Å². The maximum absolute atomic E-state index is 12.9. The van der Waals surface area contributed by atoms with Gasteiger partial charge in [-0.3, -0.25) is 4.79 Å². The Balaban J connectivity index is 1.42. The molecule has 4 rings (SSSR count). The average molecular weight is 468 g/mol. The minimum Gasteiger partial charge on any atom is -0.338 e. The summed E-state index contributed by atoms with van der Waals surface area (Å²) in [6.07, 6.45) is 0. The summed E-state index contributed by atoms with van der Waals surface area (Å²) in [5.41, 5.74) is 1.32. The lowest BCUT2D eigenvalue weighted by molar-refractivity contribution is 0.102. The summed E-state index contributed by atoms with van der Waals surface area (Å²) in [4.78, 5) is 20.0. The molecule has 1 amide bonds. The Labute approximate surface area is 193 Å². The molecule has 8 heteroatoms. The third-order valence-corrected chi connectivity index (χ3v) is 6.81. The molecule has 0 aliphatic rings. The van der Waals surface area contributed by atoms with Crippen LogP contribution >= 0.6 is 35.1 Å². The number of aromatic nitrogens is 2. The lowest BCUT2D eigenvalue weighted by Gasteiger charge is -2.10. The predicted octanol–water partition coefficient (Wildman–Crippen LogP) is 6.73. The van der Waals surface area contributed by atoms with E-state index in [0.29, 0.717) is 23.0 Å². The molecular formula is C23H18ClN3O2S2. The third kappa shape index (κ3) is 5.70. The predicted molar refractivity (Wildman–Crippen MR) is 125 cm³/mol. The quantitative estimate of drug-likeness (QED) is 0.304. The van der Waals surface area contributed by atoms with Crippen LogP contribution in [0.1, 0.15) is 22.1 Å². The van der Waals surface area contributed by atoms with Crippen LogP contribution in [0.5, 0.6) is 0 Å². The van der Waals surface area contributed by atoms with Crippen LogP contribution in [0.2, 0.25) is 5.02 Å². The molecule has 31 heavy (non-hydrogen) atoms. The normalized spacial score (nSPS) is 10.8. The van der Waals surface area contributed by atoms with E-state index in [1.807, 2.05) is 66.7 Å². The van der Waals surface area contributed by atoms with Crippen LogP contribution in [-0.4, -0.2) is 16.0 Å². The number of benzene rings is 3. The van der Waals surface area contributed by atoms with Crippen molar-refractivity contribution in [2.24, 2.45) is 0 Å². The minimum absolute atomic E-state index is 0.170. The van der Waals surface area contributed by atoms with Crippen molar-refractivity contribution in [1.29, 1.82) is 0 Å². The van der Waals surface area contributed by atoms with Gasteiger partial charge in [-0.05, 0) is 55.5 Å². The fraction of sp³-hybridized carbons (Fsp3) is 0.0870. The molecule has 1 heterocycles. The Morgan fingerprint density at radius 3 is 2.42 bits per heavy atom. The van der Waals surface area contributed by atoms with Crippen LogP contribution in [0, 0.1) is 6.92 Å². The van der Waals surface area contributed by atoms with Gasteiger partial charge in [0.1, 0.15) is 0 Å². The van der Waals surface area contributed by atoms with Crippen molar-refractivity contribution in [1.82, 2.24) is 10.1 Å². The van der Waals surface area contributed by atoms with Crippen molar-refractivity contribution in [3.63, 3.8) is 0 Å². The van der Waals surface area contributed by atoms with E-state index < -0.39 is 0 Å². The second-order valence-corrected chi connectivity index (χ2v) is 9.07. The van der Waals surface area contributed by atoms with Gasteiger partial charge in [0, 0.05) is 20.4 Å². The number of carbonyl (C=O) groups is 1. The fourth-order valence-electron chi connectivity index (χ4n) is 2.78. The zero-order valence-electron chi connectivity index (χ0n) is 16.5. The average Bonchev–Trinajstić information content (AvgIpc) is 3.20. The number of carbonyl (C=O) groups excluding carboxylic acids is 1. The van der Waals surface area contributed by atoms with Crippen LogP contribution < -0.4 is 5.32 Å². The lowest BCUT2D eigenvalue weighted by Crippen LogP contribution is -2.12. The number of nitrogens with zero attached hydrogens (tertiary/aromatic N) is 2. The number of nitrogens with one attached hydrogen (secondary N) is 1. The largest absolute Gasteiger partial charge is 0.338 e. The summed E-state index contributed by atoms with van der Waals surface area (Å²) < 4.78 is 5.15. The van der Waals surface area contributed by atoms with Crippen molar-refractivity contribution in [2.45, 2.75) is 27.4 Å². The summed E-state index contributed by atoms with van der Waals surface area (Å²) in [6, 6.07) is 22.9. The SMILES string of the molecule is Cc1noc(CSc2ccccc2C(=O)Nc2ccc(Sc3ccccc3Cl)cc2)n1. The van der Waals surface area contributed by atoms with E-state index in [0.717, 1.165) is 25.4 Å². The van der Waals surface area contributed by atoms with E-state index in [1.54, 1.807) is 24.8 Å². The Morgan fingerprint density at radius 2 is 1.71 bits per heavy atom. The fourth-order valence-corrected chi connectivity index (χ4v) is 4.75. The molecule has 4 aromatic rings. The molecule has 3 aromatic carbocycles. The smallest absolute Gasteiger partial charge is 0.256 e. The molecule has 0 saturated carbocycles. The molecule has 0 aliphatic heterocycles. The van der Waals surface area contributed by atoms with E-state index >= 15 is 0 Å². The molecular weight excluding hydrogens is 450 g/mol. The van der Waals surface area contributed by atoms with Crippen LogP contribution in [0.15, 0.2) is 92.0 Å². The summed E-state index contributed by atoms with van der Waals surface area (Å²) in [5, 5.41) is 7.47. The second kappa shape index (κ2) is 10.0. The Bertz CT molecular complexity index is 1200. The van der Waals surface area contributed by atoms with Gasteiger partial charge in [0.2, 0.25) is 5.89 Å². The highest BCUT2D eigenvalue weighted by Gasteiger charge is 2.13. The second-order valence-electron chi connectivity index (χ2n) is 6.53. The Kier molecular flexibility index (Phi) is 6.96. The van der Waals surface area contributed by atoms with Crippen LogP contribution in [0.3, 0.4) is 0 Å². The van der Waals surface area contributed by atoms with Gasteiger partial charge in [-0.1, -0.05) is 52.8 Å². The van der Waals surface area contributed by atoms with Crippen molar-refractivity contribution >= 4 is 46.7 Å². The van der Waals surface area contributed by atoms with E-state index in [2.05, 4.69) is 15.5 Å². The number of anilines is 1. The van der Waals surface area contributed by atoms with Gasteiger partial charge in [-0.15, -0.1) is 11.8 Å². The van der Waals surface area contributed by atoms with Gasteiger partial charge in [-0.2, -0.15) is 4.98 Å². The minimum atomic E-state index is -0.170. The van der Waals surface area contributed by atoms with Gasteiger partial charge in [-0.25, -0.2) is 0 Å². The molecule has 0 fully saturated rings. The monoisotopic (exact) mass is 467 g/mol. The highest BCUT2D eigenvalue weighted by molar-refractivity contribution is 7.99. The zero-order chi connectivity index (χ0) is 21.6. The first kappa shape index (κ1) is 21.5. The maximum Gasteiger partial charge on any atom is 0.256 e. The molecule has 156 valence electrons. The van der Waals surface area contributed by atoms with Gasteiger partial charge < -0.3 is 9.84 Å². The standard InChI is InChI=1S/C23H18ClN3O2S2/c1-15-25-22(29-27-15)14-30-20-8-4-2-6-18(20)23(28)26-16-10-12-17(13-11-16)31-21-9-5-3-7-19(21)24/h2-13H,14H2,1H3,(H,26,28). The molecule has 0 bridgehead atoms. The highest BCUT2D eigenvalue weighted by atomic mass is 35.5. The number of thioether (sulfide) groups is 1. The van der Waals surface area contributed by atoms with Gasteiger partial charge in [0.25, 0.3) is 5.91 Å². The number of aryl methyl sites for hydroxylation is 1. The highest BCUT2D eigenvalue weighted by Crippen LogP contribution is 2.33. The van der Waals surface area contributed by atoms with E-state index in [1.165, 1.54) is 11.8 Å². The Morgan fingerprint density at radius 1 is 1.00 bits per heavy atom. The summed E-state index contributed by atoms with van der Waals surface area (Å²) in [5.74, 6) is 1.46. The molecule has 0 aliphatic carbocycles. The van der Waals surface area contributed by atoms with E-state index in [9.17, 15) is 4.79 Å². The van der Waals surface area contributed by atoms with Crippen molar-refractivity contribution in [3.8, 4) is 0 Å². The van der Waals surface area contributed by atoms with Crippen molar-refractivity contribution in [2.75, 3.05) is 5.32 Å². The van der Waals surface area contributed by atoms with Crippen LogP contribution in [0.4, 0.5) is 5.69 Å². The molecule has 1 N–H and O–H groups in total. The first-order valence-electron chi connectivity index (χ1n) is 9.43. The summed E-state index contributed by atoms with van der Waals surface area (Å²) in [7, 11) is 0. The number of hydrogen-bond acceptors (Lipinski definition) is 6. The van der Waals surface area contributed by atoms with Gasteiger partial charge in [0.05, 0.1) is 16.3 Å².